The van der Waals surface area contributed by atoms with Crippen LogP contribution in [0.5, 0.6) is 0 Å². The van der Waals surface area contributed by atoms with Gasteiger partial charge < -0.3 is 9.88 Å². The van der Waals surface area contributed by atoms with Gasteiger partial charge in [0.1, 0.15) is 11.2 Å². The topological polar surface area (TPSA) is 54.3 Å². The summed E-state index contributed by atoms with van der Waals surface area (Å²) in [7, 11) is 0. The van der Waals surface area contributed by atoms with E-state index < -0.39 is 5.54 Å². The minimum atomic E-state index is -1.07. The van der Waals surface area contributed by atoms with Crippen LogP contribution in [0.3, 0.4) is 0 Å². The molecule has 1 saturated carbocycles. The van der Waals surface area contributed by atoms with Gasteiger partial charge in [-0.3, -0.25) is 14.5 Å². The summed E-state index contributed by atoms with van der Waals surface area (Å²) in [5, 5.41) is 3.84. The Morgan fingerprint density at radius 3 is 2.70 bits per heavy atom. The van der Waals surface area contributed by atoms with Crippen LogP contribution in [0.2, 0.25) is 5.02 Å². The molecule has 1 aromatic carbocycles. The zero-order valence-corrected chi connectivity index (χ0v) is 21.0. The third-order valence-electron chi connectivity index (χ3n) is 7.21. The molecule has 1 aliphatic carbocycles. The summed E-state index contributed by atoms with van der Waals surface area (Å²) in [4.78, 5) is 30.9. The van der Waals surface area contributed by atoms with Crippen LogP contribution in [0.25, 0.3) is 10.2 Å². The Bertz CT molecular complexity index is 1240. The van der Waals surface area contributed by atoms with Crippen LogP contribution in [0.1, 0.15) is 66.9 Å². The van der Waals surface area contributed by atoms with Gasteiger partial charge in [0.15, 0.2) is 0 Å². The molecule has 0 spiro atoms. The molecule has 1 N–H and O–H groups in total. The molecule has 5 nitrogen and oxygen atoms in total. The first kappa shape index (κ1) is 22.5. The summed E-state index contributed by atoms with van der Waals surface area (Å²) in [5.41, 5.74) is 2.20. The molecule has 0 saturated heterocycles. The monoisotopic (exact) mass is 483 g/mol. The predicted octanol–water partition coefficient (Wildman–Crippen LogP) is 6.10. The van der Waals surface area contributed by atoms with Crippen molar-refractivity contribution in [3.05, 3.63) is 51.5 Å². The molecule has 1 fully saturated rings. The van der Waals surface area contributed by atoms with Gasteiger partial charge in [0.2, 0.25) is 5.91 Å². The average molecular weight is 484 g/mol. The van der Waals surface area contributed by atoms with Crippen molar-refractivity contribution >= 4 is 50.7 Å². The van der Waals surface area contributed by atoms with E-state index in [9.17, 15) is 9.59 Å². The van der Waals surface area contributed by atoms with Crippen LogP contribution in [0, 0.1) is 6.92 Å². The van der Waals surface area contributed by atoms with Crippen molar-refractivity contribution in [1.82, 2.24) is 9.88 Å². The summed E-state index contributed by atoms with van der Waals surface area (Å²) < 4.78 is 3.14. The van der Waals surface area contributed by atoms with Crippen molar-refractivity contribution in [3.8, 4) is 0 Å². The van der Waals surface area contributed by atoms with E-state index >= 15 is 0 Å². The van der Waals surface area contributed by atoms with Crippen molar-refractivity contribution in [1.29, 1.82) is 0 Å². The van der Waals surface area contributed by atoms with Crippen molar-refractivity contribution in [2.75, 3.05) is 4.90 Å². The Morgan fingerprint density at radius 1 is 1.21 bits per heavy atom. The van der Waals surface area contributed by atoms with E-state index in [-0.39, 0.29) is 17.9 Å². The average Bonchev–Trinajstić information content (AvgIpc) is 3.35. The molecule has 2 aromatic heterocycles. The molecule has 33 heavy (non-hydrogen) atoms. The van der Waals surface area contributed by atoms with Crippen LogP contribution < -0.4 is 10.2 Å². The number of nitrogens with one attached hydrogen (secondary N) is 1. The number of hydrogen-bond acceptors (Lipinski definition) is 3. The van der Waals surface area contributed by atoms with Gasteiger partial charge in [-0.25, -0.2) is 0 Å². The number of halogens is 1. The minimum absolute atomic E-state index is 0.0967. The highest BCUT2D eigenvalue weighted by Crippen LogP contribution is 2.40. The second-order valence-corrected chi connectivity index (χ2v) is 11.2. The fraction of sp³-hybridized carbons (Fsp3) is 0.462. The van der Waals surface area contributed by atoms with Crippen LogP contribution >= 0.6 is 22.9 Å². The van der Waals surface area contributed by atoms with Gasteiger partial charge in [-0.1, -0.05) is 43.9 Å². The third-order valence-corrected chi connectivity index (χ3v) is 8.66. The molecule has 2 aliphatic rings. The van der Waals surface area contributed by atoms with Crippen LogP contribution in [0.15, 0.2) is 30.3 Å². The number of aromatic nitrogens is 1. The van der Waals surface area contributed by atoms with E-state index in [1.54, 1.807) is 22.3 Å². The molecular weight excluding hydrogens is 454 g/mol. The second kappa shape index (κ2) is 8.48. The number of carbonyl (C=O) groups excluding carboxylic acids is 2. The number of aryl methyl sites for hydroxylation is 2. The number of hydrogen-bond donors (Lipinski definition) is 1. The van der Waals surface area contributed by atoms with Crippen LogP contribution in [0.4, 0.5) is 5.69 Å². The fourth-order valence-corrected chi connectivity index (χ4v) is 6.50. The molecule has 0 radical (unpaired) electrons. The molecule has 5 rings (SSSR count). The maximum atomic E-state index is 14.0. The van der Waals surface area contributed by atoms with Gasteiger partial charge in [-0.15, -0.1) is 11.3 Å². The SMILES string of the molecule is CCc1cc2c(cc3n2C[C@](C)(C(=O)NC2CCCCC2)N(c2cc(Cl)ccc2C)C3=O)s1. The Kier molecular flexibility index (Phi) is 5.78. The first-order valence-electron chi connectivity index (χ1n) is 11.9. The Hall–Kier alpha value is -2.31. The number of carbonyl (C=O) groups is 2. The molecule has 7 heteroatoms. The van der Waals surface area contributed by atoms with E-state index in [4.69, 9.17) is 11.6 Å². The molecular formula is C26H30ClN3O2S. The first-order valence-corrected chi connectivity index (χ1v) is 13.0. The number of amides is 2. The molecule has 174 valence electrons. The molecule has 3 heterocycles. The third kappa shape index (κ3) is 3.77. The molecule has 1 atom stereocenters. The summed E-state index contributed by atoms with van der Waals surface area (Å²) in [5.74, 6) is -0.255. The normalized spacial score (nSPS) is 21.5. The highest BCUT2D eigenvalue weighted by Gasteiger charge is 2.49. The van der Waals surface area contributed by atoms with Crippen molar-refractivity contribution < 1.29 is 9.59 Å². The molecule has 0 unspecified atom stereocenters. The minimum Gasteiger partial charge on any atom is -0.351 e. The zero-order valence-electron chi connectivity index (χ0n) is 19.4. The standard InChI is InChI=1S/C26H30ClN3O2S/c1-4-19-13-21-23(33-19)14-22-24(31)30(20-12-17(27)11-10-16(20)2)26(3,15-29(21)22)25(32)28-18-8-6-5-7-9-18/h10-14,18H,4-9,15H2,1-3H3,(H,28,32)/t26-/m1/s1. The lowest BCUT2D eigenvalue weighted by Gasteiger charge is -2.45. The Morgan fingerprint density at radius 2 is 1.97 bits per heavy atom. The smallest absolute Gasteiger partial charge is 0.275 e. The zero-order chi connectivity index (χ0) is 23.3. The van der Waals surface area contributed by atoms with Crippen LogP contribution in [-0.2, 0) is 17.8 Å². The van der Waals surface area contributed by atoms with E-state index in [1.165, 1.54) is 11.3 Å². The van der Waals surface area contributed by atoms with Crippen molar-refractivity contribution in [3.63, 3.8) is 0 Å². The number of nitrogens with zero attached hydrogens (tertiary/aromatic N) is 2. The highest BCUT2D eigenvalue weighted by atomic mass is 35.5. The number of fused-ring (bicyclic) bond motifs is 3. The molecule has 2 amide bonds. The van der Waals surface area contributed by atoms with E-state index in [0.717, 1.165) is 47.9 Å². The molecule has 1 aliphatic heterocycles. The Balaban J connectivity index is 1.63. The number of anilines is 1. The van der Waals surface area contributed by atoms with Gasteiger partial charge in [0.25, 0.3) is 5.91 Å². The second-order valence-electron chi connectivity index (χ2n) is 9.59. The fourth-order valence-electron chi connectivity index (χ4n) is 5.29. The molecule has 0 bridgehead atoms. The van der Waals surface area contributed by atoms with Gasteiger partial charge in [0, 0.05) is 21.6 Å². The largest absolute Gasteiger partial charge is 0.351 e. The summed E-state index contributed by atoms with van der Waals surface area (Å²) >= 11 is 8.07. The molecule has 3 aromatic rings. The van der Waals surface area contributed by atoms with E-state index in [0.29, 0.717) is 22.9 Å². The van der Waals surface area contributed by atoms with E-state index in [1.807, 2.05) is 36.6 Å². The maximum absolute atomic E-state index is 14.0. The number of benzene rings is 1. The first-order chi connectivity index (χ1) is 15.8. The summed E-state index contributed by atoms with van der Waals surface area (Å²) in [6.07, 6.45) is 6.43. The van der Waals surface area contributed by atoms with Gasteiger partial charge in [-0.2, -0.15) is 0 Å². The maximum Gasteiger partial charge on any atom is 0.275 e. The highest BCUT2D eigenvalue weighted by molar-refractivity contribution is 7.19. The van der Waals surface area contributed by atoms with Crippen molar-refractivity contribution in [2.24, 2.45) is 0 Å². The Labute approximate surface area is 203 Å². The summed E-state index contributed by atoms with van der Waals surface area (Å²) in [6.45, 7) is 6.39. The number of thiophene rings is 1. The van der Waals surface area contributed by atoms with Gasteiger partial charge in [-0.05, 0) is 62.9 Å². The number of rotatable bonds is 4. The van der Waals surface area contributed by atoms with Crippen LogP contribution in [-0.4, -0.2) is 28.0 Å². The lowest BCUT2D eigenvalue weighted by Crippen LogP contribution is -2.65. The van der Waals surface area contributed by atoms with Gasteiger partial charge >= 0.3 is 0 Å². The van der Waals surface area contributed by atoms with Crippen molar-refractivity contribution in [2.45, 2.75) is 77.4 Å². The lowest BCUT2D eigenvalue weighted by molar-refractivity contribution is -0.127. The quantitative estimate of drug-likeness (QED) is 0.487. The van der Waals surface area contributed by atoms with E-state index in [2.05, 4.69) is 18.3 Å². The summed E-state index contributed by atoms with van der Waals surface area (Å²) in [6, 6.07) is 9.84. The van der Waals surface area contributed by atoms with Gasteiger partial charge in [0.05, 0.1) is 16.8 Å². The predicted molar refractivity (Wildman–Crippen MR) is 136 cm³/mol. The lowest BCUT2D eigenvalue weighted by atomic mass is 9.90.